The first-order chi connectivity index (χ1) is 13.6. The zero-order valence-electron chi connectivity index (χ0n) is 18.5. The predicted octanol–water partition coefficient (Wildman–Crippen LogP) is 1.91. The highest BCUT2D eigenvalue weighted by Gasteiger charge is 2.21. The third-order valence-corrected chi connectivity index (χ3v) is 4.82. The van der Waals surface area contributed by atoms with Crippen LogP contribution in [0.15, 0.2) is 23.2 Å². The molecule has 0 saturated heterocycles. The van der Waals surface area contributed by atoms with Crippen molar-refractivity contribution in [2.24, 2.45) is 4.99 Å². The molecule has 29 heavy (non-hydrogen) atoms. The van der Waals surface area contributed by atoms with Crippen LogP contribution in [0.4, 0.5) is 0 Å². The van der Waals surface area contributed by atoms with Crippen molar-refractivity contribution in [1.82, 2.24) is 15.4 Å². The Morgan fingerprint density at radius 3 is 2.48 bits per heavy atom. The van der Waals surface area contributed by atoms with E-state index in [0.717, 1.165) is 43.7 Å². The molecule has 0 fully saturated rings. The SMILES string of the molecule is CCNC(=NCC(C)(C)NS(C)(=O)=O)NCCCc1ccc(OC)c(OCC)c1. The van der Waals surface area contributed by atoms with E-state index in [1.54, 1.807) is 21.0 Å². The van der Waals surface area contributed by atoms with Crippen molar-refractivity contribution in [3.8, 4) is 11.5 Å². The first-order valence-electron chi connectivity index (χ1n) is 9.91. The van der Waals surface area contributed by atoms with Gasteiger partial charge < -0.3 is 20.1 Å². The Hall–Kier alpha value is -2.00. The summed E-state index contributed by atoms with van der Waals surface area (Å²) >= 11 is 0. The highest BCUT2D eigenvalue weighted by atomic mass is 32.2. The average molecular weight is 429 g/mol. The minimum atomic E-state index is -3.29. The molecule has 0 bridgehead atoms. The Morgan fingerprint density at radius 2 is 1.90 bits per heavy atom. The van der Waals surface area contributed by atoms with Gasteiger partial charge in [0, 0.05) is 18.6 Å². The molecule has 9 heteroatoms. The molecule has 0 aliphatic rings. The lowest BCUT2D eigenvalue weighted by molar-refractivity contribution is 0.310. The van der Waals surface area contributed by atoms with Crippen LogP contribution in [0, 0.1) is 0 Å². The fourth-order valence-corrected chi connectivity index (χ4v) is 3.87. The molecule has 1 rings (SSSR count). The molecule has 0 unspecified atom stereocenters. The van der Waals surface area contributed by atoms with Crippen LogP contribution >= 0.6 is 0 Å². The predicted molar refractivity (Wildman–Crippen MR) is 119 cm³/mol. The first kappa shape index (κ1) is 25.0. The van der Waals surface area contributed by atoms with Gasteiger partial charge in [0.2, 0.25) is 10.0 Å². The second-order valence-corrected chi connectivity index (χ2v) is 9.15. The van der Waals surface area contributed by atoms with Gasteiger partial charge in [0.15, 0.2) is 17.5 Å². The Balaban J connectivity index is 2.59. The Bertz CT molecular complexity index is 764. The quantitative estimate of drug-likeness (QED) is 0.267. The van der Waals surface area contributed by atoms with E-state index in [-0.39, 0.29) is 0 Å². The average Bonchev–Trinajstić information content (AvgIpc) is 2.61. The number of aryl methyl sites for hydroxylation is 1. The van der Waals surface area contributed by atoms with Gasteiger partial charge in [-0.1, -0.05) is 6.07 Å². The van der Waals surface area contributed by atoms with Crippen LogP contribution in [0.5, 0.6) is 11.5 Å². The molecule has 0 radical (unpaired) electrons. The van der Waals surface area contributed by atoms with E-state index < -0.39 is 15.6 Å². The molecule has 8 nitrogen and oxygen atoms in total. The Morgan fingerprint density at radius 1 is 1.17 bits per heavy atom. The fraction of sp³-hybridized carbons (Fsp3) is 0.650. The van der Waals surface area contributed by atoms with Gasteiger partial charge in [-0.2, -0.15) is 0 Å². The number of hydrogen-bond donors (Lipinski definition) is 3. The minimum absolute atomic E-state index is 0.325. The van der Waals surface area contributed by atoms with Crippen LogP contribution in [-0.2, 0) is 16.4 Å². The number of hydrogen-bond acceptors (Lipinski definition) is 5. The van der Waals surface area contributed by atoms with Gasteiger partial charge in [0.1, 0.15) is 0 Å². The molecule has 0 atom stereocenters. The summed E-state index contributed by atoms with van der Waals surface area (Å²) < 4.78 is 36.5. The summed E-state index contributed by atoms with van der Waals surface area (Å²) in [6, 6.07) is 5.98. The zero-order valence-corrected chi connectivity index (χ0v) is 19.3. The molecule has 3 N–H and O–H groups in total. The van der Waals surface area contributed by atoms with Crippen molar-refractivity contribution in [1.29, 1.82) is 0 Å². The monoisotopic (exact) mass is 428 g/mol. The Labute approximate surface area is 175 Å². The maximum atomic E-state index is 11.5. The third kappa shape index (κ3) is 10.4. The standard InChI is InChI=1S/C20H36N4O4S/c1-7-21-19(23-15-20(3,4)24-29(6,25)26)22-13-9-10-16-11-12-17(27-5)18(14-16)28-8-2/h11-12,14,24H,7-10,13,15H2,1-6H3,(H2,21,22,23). The van der Waals surface area contributed by atoms with E-state index in [2.05, 4.69) is 20.3 Å². The van der Waals surface area contributed by atoms with Gasteiger partial charge in [-0.3, -0.25) is 4.99 Å². The lowest BCUT2D eigenvalue weighted by atomic mass is 10.1. The van der Waals surface area contributed by atoms with Gasteiger partial charge in [-0.05, 0) is 58.2 Å². The largest absolute Gasteiger partial charge is 0.493 e. The second kappa shape index (κ2) is 11.9. The molecule has 0 amide bonds. The maximum Gasteiger partial charge on any atom is 0.209 e. The Kier molecular flexibility index (Phi) is 10.2. The van der Waals surface area contributed by atoms with Crippen molar-refractivity contribution in [2.75, 3.05) is 39.6 Å². The summed E-state index contributed by atoms with van der Waals surface area (Å²) in [4.78, 5) is 4.51. The van der Waals surface area contributed by atoms with Crippen molar-refractivity contribution >= 4 is 16.0 Å². The van der Waals surface area contributed by atoms with Crippen LogP contribution in [0.1, 0.15) is 39.7 Å². The van der Waals surface area contributed by atoms with Crippen LogP contribution < -0.4 is 24.8 Å². The van der Waals surface area contributed by atoms with E-state index in [1.165, 1.54) is 5.56 Å². The molecule has 1 aromatic carbocycles. The van der Waals surface area contributed by atoms with E-state index >= 15 is 0 Å². The number of nitrogens with zero attached hydrogens (tertiary/aromatic N) is 1. The number of guanidine groups is 1. The van der Waals surface area contributed by atoms with E-state index in [1.807, 2.05) is 32.0 Å². The lowest BCUT2D eigenvalue weighted by Gasteiger charge is -2.23. The summed E-state index contributed by atoms with van der Waals surface area (Å²) in [5, 5.41) is 6.48. The molecule has 0 aliphatic carbocycles. The summed E-state index contributed by atoms with van der Waals surface area (Å²) in [5.41, 5.74) is 0.519. The third-order valence-electron chi connectivity index (χ3n) is 3.90. The number of nitrogens with one attached hydrogen (secondary N) is 3. The molecular formula is C20H36N4O4S. The van der Waals surface area contributed by atoms with Crippen molar-refractivity contribution in [2.45, 2.75) is 46.1 Å². The first-order valence-corrected chi connectivity index (χ1v) is 11.8. The number of aliphatic imine (C=N–C) groups is 1. The van der Waals surface area contributed by atoms with Crippen LogP contribution in [-0.4, -0.2) is 59.5 Å². The van der Waals surface area contributed by atoms with E-state index in [0.29, 0.717) is 19.1 Å². The second-order valence-electron chi connectivity index (χ2n) is 7.40. The minimum Gasteiger partial charge on any atom is -0.493 e. The molecular weight excluding hydrogens is 392 g/mol. The van der Waals surface area contributed by atoms with Crippen molar-refractivity contribution < 1.29 is 17.9 Å². The molecule has 0 saturated carbocycles. The maximum absolute atomic E-state index is 11.5. The van der Waals surface area contributed by atoms with E-state index in [9.17, 15) is 8.42 Å². The van der Waals surface area contributed by atoms with Crippen molar-refractivity contribution in [3.05, 3.63) is 23.8 Å². The van der Waals surface area contributed by atoms with Gasteiger partial charge in [-0.15, -0.1) is 0 Å². The van der Waals surface area contributed by atoms with Crippen molar-refractivity contribution in [3.63, 3.8) is 0 Å². The van der Waals surface area contributed by atoms with Gasteiger partial charge in [-0.25, -0.2) is 13.1 Å². The molecule has 0 aromatic heterocycles. The van der Waals surface area contributed by atoms with Gasteiger partial charge >= 0.3 is 0 Å². The van der Waals surface area contributed by atoms with Gasteiger partial charge in [0.05, 0.1) is 26.5 Å². The number of benzene rings is 1. The summed E-state index contributed by atoms with van der Waals surface area (Å²) in [5.74, 6) is 2.16. The normalized spacial score (nSPS) is 12.6. The topological polar surface area (TPSA) is 101 Å². The molecule has 1 aromatic rings. The fourth-order valence-electron chi connectivity index (χ4n) is 2.80. The molecule has 0 spiro atoms. The number of sulfonamides is 1. The summed E-state index contributed by atoms with van der Waals surface area (Å²) in [7, 11) is -1.65. The zero-order chi connectivity index (χ0) is 21.9. The molecule has 0 heterocycles. The summed E-state index contributed by atoms with van der Waals surface area (Å²) in [6.45, 7) is 9.93. The van der Waals surface area contributed by atoms with Crippen LogP contribution in [0.2, 0.25) is 0 Å². The highest BCUT2D eigenvalue weighted by molar-refractivity contribution is 7.88. The van der Waals surface area contributed by atoms with Gasteiger partial charge in [0.25, 0.3) is 0 Å². The van der Waals surface area contributed by atoms with Crippen LogP contribution in [0.3, 0.4) is 0 Å². The van der Waals surface area contributed by atoms with Crippen LogP contribution in [0.25, 0.3) is 0 Å². The molecule has 0 aliphatic heterocycles. The highest BCUT2D eigenvalue weighted by Crippen LogP contribution is 2.28. The number of rotatable bonds is 12. The molecule has 166 valence electrons. The van der Waals surface area contributed by atoms with E-state index in [4.69, 9.17) is 9.47 Å². The number of methoxy groups -OCH3 is 1. The summed E-state index contributed by atoms with van der Waals surface area (Å²) in [6.07, 6.45) is 2.95. The number of ether oxygens (including phenoxy) is 2. The lowest BCUT2D eigenvalue weighted by Crippen LogP contribution is -2.46. The smallest absolute Gasteiger partial charge is 0.209 e.